The summed E-state index contributed by atoms with van der Waals surface area (Å²) in [6.45, 7) is 4.85. The molecule has 4 nitrogen and oxygen atoms in total. The van der Waals surface area contributed by atoms with Crippen LogP contribution in [0.3, 0.4) is 0 Å². The number of nitrogens with zero attached hydrogens (tertiary/aromatic N) is 1. The van der Waals surface area contributed by atoms with Crippen molar-refractivity contribution in [2.45, 2.75) is 33.2 Å². The van der Waals surface area contributed by atoms with E-state index in [1.807, 2.05) is 13.8 Å². The van der Waals surface area contributed by atoms with Crippen LogP contribution in [0.5, 0.6) is 5.75 Å². The van der Waals surface area contributed by atoms with Crippen molar-refractivity contribution in [1.29, 1.82) is 0 Å². The van der Waals surface area contributed by atoms with Gasteiger partial charge in [-0.1, -0.05) is 0 Å². The van der Waals surface area contributed by atoms with Crippen molar-refractivity contribution in [3.63, 3.8) is 0 Å². The molecule has 1 aromatic heterocycles. The maximum atomic E-state index is 9.19. The number of fused-ring (bicyclic) bond motifs is 1. The number of aliphatic hydroxyl groups is 1. The number of hydrogen-bond acceptors (Lipinski definition) is 4. The Morgan fingerprint density at radius 3 is 3.13 bits per heavy atom. The largest absolute Gasteiger partial charge is 0.489 e. The molecule has 1 aliphatic heterocycles. The number of aliphatic hydroxyl groups excluding tert-OH is 1. The van der Waals surface area contributed by atoms with E-state index in [0.717, 1.165) is 22.6 Å². The van der Waals surface area contributed by atoms with Gasteiger partial charge >= 0.3 is 0 Å². The third kappa shape index (κ3) is 1.96. The van der Waals surface area contributed by atoms with Crippen LogP contribution in [-0.4, -0.2) is 22.8 Å². The zero-order chi connectivity index (χ0) is 10.8. The fraction of sp³-hybridized carbons (Fsp3) is 0.545. The topological polar surface area (TPSA) is 51.6 Å². The number of ether oxygens (including phenoxy) is 2. The molecule has 1 aliphatic rings. The maximum absolute atomic E-state index is 9.19. The molecular formula is C11H15NO3. The highest BCUT2D eigenvalue weighted by atomic mass is 16.5. The lowest BCUT2D eigenvalue weighted by Gasteiger charge is -2.11. The van der Waals surface area contributed by atoms with E-state index in [1.165, 1.54) is 0 Å². The van der Waals surface area contributed by atoms with E-state index < -0.39 is 0 Å². The van der Waals surface area contributed by atoms with Gasteiger partial charge in [0.1, 0.15) is 12.4 Å². The summed E-state index contributed by atoms with van der Waals surface area (Å²) in [5.74, 6) is 0.769. The van der Waals surface area contributed by atoms with E-state index in [9.17, 15) is 5.11 Å². The van der Waals surface area contributed by atoms with E-state index >= 15 is 0 Å². The first-order valence-electron chi connectivity index (χ1n) is 5.05. The standard InChI is InChI=1S/C11H15NO3/c1-7-5-15-11-8(2)12-3-9(4-13)10(11)6-14-7/h3,7,13H,4-6H2,1-2H3. The summed E-state index contributed by atoms with van der Waals surface area (Å²) in [6, 6.07) is 0. The van der Waals surface area contributed by atoms with Crippen LogP contribution >= 0.6 is 0 Å². The summed E-state index contributed by atoms with van der Waals surface area (Å²) < 4.78 is 11.2. The van der Waals surface area contributed by atoms with E-state index in [2.05, 4.69) is 4.98 Å². The van der Waals surface area contributed by atoms with Crippen LogP contribution in [0.2, 0.25) is 0 Å². The number of aryl methyl sites for hydroxylation is 1. The van der Waals surface area contributed by atoms with Crippen molar-refractivity contribution in [2.24, 2.45) is 0 Å². The number of rotatable bonds is 1. The summed E-state index contributed by atoms with van der Waals surface area (Å²) in [5.41, 5.74) is 2.55. The van der Waals surface area contributed by atoms with Crippen molar-refractivity contribution in [3.05, 3.63) is 23.0 Å². The highest BCUT2D eigenvalue weighted by Gasteiger charge is 2.19. The Hall–Kier alpha value is -1.13. The predicted octanol–water partition coefficient (Wildman–Crippen LogP) is 1.18. The molecule has 0 spiro atoms. The monoisotopic (exact) mass is 209 g/mol. The lowest BCUT2D eigenvalue weighted by Crippen LogP contribution is -2.14. The van der Waals surface area contributed by atoms with Gasteiger partial charge in [0.2, 0.25) is 0 Å². The Labute approximate surface area is 88.9 Å². The van der Waals surface area contributed by atoms with E-state index in [1.54, 1.807) is 6.20 Å². The molecule has 0 bridgehead atoms. The number of hydrogen-bond donors (Lipinski definition) is 1. The Morgan fingerprint density at radius 1 is 1.60 bits per heavy atom. The van der Waals surface area contributed by atoms with Crippen LogP contribution in [0.15, 0.2) is 6.20 Å². The summed E-state index contributed by atoms with van der Waals surface area (Å²) >= 11 is 0. The Balaban J connectivity index is 2.44. The SMILES string of the molecule is Cc1ncc(CO)c2c1OCC(C)OC2. The molecule has 2 heterocycles. The first-order chi connectivity index (χ1) is 7.22. The molecule has 0 fully saturated rings. The fourth-order valence-electron chi connectivity index (χ4n) is 1.64. The Bertz CT molecular complexity index is 365. The minimum absolute atomic E-state index is 0.0310. The average molecular weight is 209 g/mol. The van der Waals surface area contributed by atoms with Crippen molar-refractivity contribution in [3.8, 4) is 5.75 Å². The van der Waals surface area contributed by atoms with Crippen molar-refractivity contribution >= 4 is 0 Å². The molecule has 1 unspecified atom stereocenters. The zero-order valence-electron chi connectivity index (χ0n) is 8.99. The predicted molar refractivity (Wildman–Crippen MR) is 54.6 cm³/mol. The van der Waals surface area contributed by atoms with Crippen molar-refractivity contribution in [2.75, 3.05) is 6.61 Å². The molecule has 82 valence electrons. The molecule has 4 heteroatoms. The van der Waals surface area contributed by atoms with E-state index in [-0.39, 0.29) is 12.7 Å². The van der Waals surface area contributed by atoms with Gasteiger partial charge in [-0.25, -0.2) is 0 Å². The van der Waals surface area contributed by atoms with Gasteiger partial charge in [0, 0.05) is 17.3 Å². The summed E-state index contributed by atoms with van der Waals surface area (Å²) in [5, 5.41) is 9.19. The second-order valence-electron chi connectivity index (χ2n) is 3.77. The molecule has 15 heavy (non-hydrogen) atoms. The van der Waals surface area contributed by atoms with Gasteiger partial charge in [-0.2, -0.15) is 0 Å². The van der Waals surface area contributed by atoms with E-state index in [4.69, 9.17) is 9.47 Å². The van der Waals surface area contributed by atoms with Crippen molar-refractivity contribution in [1.82, 2.24) is 4.98 Å². The molecule has 0 aromatic carbocycles. The quantitative estimate of drug-likeness (QED) is 0.754. The lowest BCUT2D eigenvalue weighted by atomic mass is 10.1. The minimum atomic E-state index is -0.0310. The molecule has 0 saturated carbocycles. The molecule has 1 aromatic rings. The Kier molecular flexibility index (Phi) is 2.88. The average Bonchev–Trinajstić information content (AvgIpc) is 2.43. The van der Waals surface area contributed by atoms with Crippen LogP contribution < -0.4 is 4.74 Å². The molecule has 0 amide bonds. The molecule has 2 rings (SSSR count). The molecule has 0 saturated heterocycles. The third-order valence-corrected chi connectivity index (χ3v) is 2.55. The zero-order valence-corrected chi connectivity index (χ0v) is 8.99. The van der Waals surface area contributed by atoms with Gasteiger partial charge in [-0.15, -0.1) is 0 Å². The van der Waals surface area contributed by atoms with Crippen LogP contribution in [0.4, 0.5) is 0 Å². The Morgan fingerprint density at radius 2 is 2.40 bits per heavy atom. The summed E-state index contributed by atoms with van der Waals surface area (Å²) in [6.07, 6.45) is 1.75. The van der Waals surface area contributed by atoms with Gasteiger partial charge in [0.25, 0.3) is 0 Å². The third-order valence-electron chi connectivity index (χ3n) is 2.55. The fourth-order valence-corrected chi connectivity index (χ4v) is 1.64. The number of pyridine rings is 1. The first-order valence-corrected chi connectivity index (χ1v) is 5.05. The van der Waals surface area contributed by atoms with Crippen molar-refractivity contribution < 1.29 is 14.6 Å². The molecule has 0 aliphatic carbocycles. The highest BCUT2D eigenvalue weighted by Crippen LogP contribution is 2.28. The number of aromatic nitrogens is 1. The van der Waals surface area contributed by atoms with Crippen LogP contribution in [0.25, 0.3) is 0 Å². The molecule has 1 N–H and O–H groups in total. The van der Waals surface area contributed by atoms with Gasteiger partial charge in [-0.05, 0) is 13.8 Å². The second kappa shape index (κ2) is 4.16. The smallest absolute Gasteiger partial charge is 0.146 e. The first kappa shape index (κ1) is 10.4. The summed E-state index contributed by atoms with van der Waals surface area (Å²) in [7, 11) is 0. The van der Waals surface area contributed by atoms with Crippen LogP contribution in [0.1, 0.15) is 23.7 Å². The van der Waals surface area contributed by atoms with Gasteiger partial charge in [0.15, 0.2) is 0 Å². The second-order valence-corrected chi connectivity index (χ2v) is 3.77. The van der Waals surface area contributed by atoms with Gasteiger partial charge in [-0.3, -0.25) is 4.98 Å². The van der Waals surface area contributed by atoms with Crippen LogP contribution in [0, 0.1) is 6.92 Å². The van der Waals surface area contributed by atoms with Gasteiger partial charge < -0.3 is 14.6 Å². The summed E-state index contributed by atoms with van der Waals surface area (Å²) in [4.78, 5) is 4.19. The van der Waals surface area contributed by atoms with Gasteiger partial charge in [0.05, 0.1) is 25.0 Å². The normalized spacial score (nSPS) is 20.3. The molecule has 0 radical (unpaired) electrons. The minimum Gasteiger partial charge on any atom is -0.489 e. The molecule has 1 atom stereocenters. The maximum Gasteiger partial charge on any atom is 0.146 e. The molecular weight excluding hydrogens is 194 g/mol. The van der Waals surface area contributed by atoms with E-state index in [0.29, 0.717) is 13.2 Å². The highest BCUT2D eigenvalue weighted by molar-refractivity contribution is 5.41. The lowest BCUT2D eigenvalue weighted by molar-refractivity contribution is 0.0354. The van der Waals surface area contributed by atoms with Crippen LogP contribution in [-0.2, 0) is 18.0 Å².